The Morgan fingerprint density at radius 1 is 1.50 bits per heavy atom. The molecule has 0 N–H and O–H groups in total. The van der Waals surface area contributed by atoms with Crippen LogP contribution in [-0.4, -0.2) is 32.1 Å². The Labute approximate surface area is 107 Å². The number of nitrogens with zero attached hydrogens (tertiary/aromatic N) is 1. The lowest BCUT2D eigenvalue weighted by Crippen LogP contribution is -2.33. The number of ether oxygens (including phenoxy) is 1. The van der Waals surface area contributed by atoms with Gasteiger partial charge in [0.05, 0.1) is 12.6 Å². The average Bonchev–Trinajstić information content (AvgIpc) is 2.84. The van der Waals surface area contributed by atoms with Gasteiger partial charge in [0.2, 0.25) is 0 Å². The number of rotatable bonds is 3. The summed E-state index contributed by atoms with van der Waals surface area (Å²) in [6, 6.07) is 3.33. The Hall–Kier alpha value is -1.42. The van der Waals surface area contributed by atoms with Crippen molar-refractivity contribution in [2.24, 2.45) is 0 Å². The van der Waals surface area contributed by atoms with Crippen LogP contribution < -0.4 is 4.90 Å². The van der Waals surface area contributed by atoms with Crippen molar-refractivity contribution < 1.29 is 13.9 Å². The summed E-state index contributed by atoms with van der Waals surface area (Å²) in [5.41, 5.74) is 1.78. The van der Waals surface area contributed by atoms with Crippen molar-refractivity contribution in [2.75, 3.05) is 25.2 Å². The first-order chi connectivity index (χ1) is 8.50. The highest BCUT2D eigenvalue weighted by Crippen LogP contribution is 2.27. The molecule has 0 amide bonds. The first-order valence-electron chi connectivity index (χ1n) is 6.12. The van der Waals surface area contributed by atoms with Crippen LogP contribution in [0.3, 0.4) is 0 Å². The molecule has 1 aliphatic heterocycles. The number of hydrogen-bond donors (Lipinski definition) is 0. The number of Topliss-reactive ketones (excluding diaryl/α,β-unsaturated/α-hetero) is 1. The van der Waals surface area contributed by atoms with Gasteiger partial charge in [-0.15, -0.1) is 0 Å². The van der Waals surface area contributed by atoms with Gasteiger partial charge in [0.15, 0.2) is 5.78 Å². The lowest BCUT2D eigenvalue weighted by Gasteiger charge is -2.27. The Kier molecular flexibility index (Phi) is 3.66. The molecule has 0 radical (unpaired) electrons. The zero-order valence-electron chi connectivity index (χ0n) is 11.0. The van der Waals surface area contributed by atoms with Crippen molar-refractivity contribution in [1.29, 1.82) is 0 Å². The number of carbonyl (C=O) groups is 1. The second kappa shape index (κ2) is 5.06. The molecular formula is C14H18FNO2. The molecule has 1 aliphatic rings. The molecule has 98 valence electrons. The zero-order valence-corrected chi connectivity index (χ0v) is 11.0. The minimum absolute atomic E-state index is 0.116. The van der Waals surface area contributed by atoms with Gasteiger partial charge in [-0.2, -0.15) is 0 Å². The van der Waals surface area contributed by atoms with E-state index < -0.39 is 0 Å². The van der Waals surface area contributed by atoms with Crippen molar-refractivity contribution in [2.45, 2.75) is 26.3 Å². The summed E-state index contributed by atoms with van der Waals surface area (Å²) in [7, 11) is 1.93. The largest absolute Gasteiger partial charge is 0.379 e. The molecule has 1 aromatic rings. The molecule has 1 aromatic carbocycles. The molecule has 1 saturated heterocycles. The van der Waals surface area contributed by atoms with Gasteiger partial charge in [-0.05, 0) is 38.0 Å². The van der Waals surface area contributed by atoms with Crippen LogP contribution >= 0.6 is 0 Å². The highest BCUT2D eigenvalue weighted by molar-refractivity contribution is 6.00. The molecular weight excluding hydrogens is 233 g/mol. The molecule has 1 atom stereocenters. The fourth-order valence-corrected chi connectivity index (χ4v) is 2.26. The van der Waals surface area contributed by atoms with Gasteiger partial charge in [-0.3, -0.25) is 4.79 Å². The van der Waals surface area contributed by atoms with Gasteiger partial charge in [-0.1, -0.05) is 0 Å². The van der Waals surface area contributed by atoms with Crippen LogP contribution in [0.2, 0.25) is 0 Å². The first kappa shape index (κ1) is 13.0. The lowest BCUT2D eigenvalue weighted by molar-refractivity contribution is 0.101. The van der Waals surface area contributed by atoms with Crippen molar-refractivity contribution >= 4 is 11.5 Å². The second-order valence-corrected chi connectivity index (χ2v) is 4.80. The van der Waals surface area contributed by atoms with Crippen LogP contribution in [-0.2, 0) is 4.74 Å². The maximum atomic E-state index is 13.6. The van der Waals surface area contributed by atoms with E-state index in [-0.39, 0.29) is 17.6 Å². The summed E-state index contributed by atoms with van der Waals surface area (Å²) < 4.78 is 18.9. The SMILES string of the molecule is CC(=O)c1cc(F)c(C)cc1N(C)C1CCOC1. The van der Waals surface area contributed by atoms with E-state index in [0.717, 1.165) is 18.7 Å². The molecule has 0 aliphatic carbocycles. The minimum Gasteiger partial charge on any atom is -0.379 e. The van der Waals surface area contributed by atoms with Crippen molar-refractivity contribution in [1.82, 2.24) is 0 Å². The van der Waals surface area contributed by atoms with Gasteiger partial charge < -0.3 is 9.64 Å². The Bertz CT molecular complexity index is 467. The van der Waals surface area contributed by atoms with E-state index >= 15 is 0 Å². The summed E-state index contributed by atoms with van der Waals surface area (Å²) in [6.07, 6.45) is 0.935. The lowest BCUT2D eigenvalue weighted by atomic mass is 10.0. The molecule has 0 saturated carbocycles. The molecule has 0 spiro atoms. The fraction of sp³-hybridized carbons (Fsp3) is 0.500. The van der Waals surface area contributed by atoms with Gasteiger partial charge in [0.25, 0.3) is 0 Å². The third-order valence-electron chi connectivity index (χ3n) is 3.49. The summed E-state index contributed by atoms with van der Waals surface area (Å²) in [6.45, 7) is 4.57. The molecule has 0 aromatic heterocycles. The maximum Gasteiger partial charge on any atom is 0.161 e. The summed E-state index contributed by atoms with van der Waals surface area (Å²) in [5, 5.41) is 0. The molecule has 2 rings (SSSR count). The average molecular weight is 251 g/mol. The third kappa shape index (κ3) is 2.38. The molecule has 4 heteroatoms. The van der Waals surface area contributed by atoms with Crippen LogP contribution in [0.15, 0.2) is 12.1 Å². The predicted octanol–water partition coefficient (Wildman–Crippen LogP) is 2.56. The van der Waals surface area contributed by atoms with Crippen LogP contribution in [0.1, 0.15) is 29.3 Å². The van der Waals surface area contributed by atoms with Crippen molar-refractivity contribution in [3.8, 4) is 0 Å². The Balaban J connectivity index is 2.41. The predicted molar refractivity (Wildman–Crippen MR) is 68.8 cm³/mol. The number of likely N-dealkylation sites (N-methyl/N-ethyl adjacent to an activating group) is 1. The summed E-state index contributed by atoms with van der Waals surface area (Å²) in [5.74, 6) is -0.449. The van der Waals surface area contributed by atoms with Gasteiger partial charge in [-0.25, -0.2) is 4.39 Å². The minimum atomic E-state index is -0.333. The summed E-state index contributed by atoms with van der Waals surface area (Å²) in [4.78, 5) is 13.6. The Morgan fingerprint density at radius 2 is 2.22 bits per heavy atom. The van der Waals surface area contributed by atoms with E-state index in [0.29, 0.717) is 17.7 Å². The van der Waals surface area contributed by atoms with E-state index in [2.05, 4.69) is 0 Å². The topological polar surface area (TPSA) is 29.5 Å². The Morgan fingerprint density at radius 3 is 2.78 bits per heavy atom. The van der Waals surface area contributed by atoms with E-state index in [4.69, 9.17) is 4.74 Å². The number of aryl methyl sites for hydroxylation is 1. The van der Waals surface area contributed by atoms with Crippen LogP contribution in [0.4, 0.5) is 10.1 Å². The van der Waals surface area contributed by atoms with Crippen LogP contribution in [0.25, 0.3) is 0 Å². The van der Waals surface area contributed by atoms with Gasteiger partial charge in [0, 0.05) is 24.9 Å². The molecule has 1 fully saturated rings. The highest BCUT2D eigenvalue weighted by atomic mass is 19.1. The standard InChI is InChI=1S/C14H18FNO2/c1-9-6-14(12(10(2)17)7-13(9)15)16(3)11-4-5-18-8-11/h6-7,11H,4-5,8H2,1-3H3. The third-order valence-corrected chi connectivity index (χ3v) is 3.49. The molecule has 1 heterocycles. The van der Waals surface area contributed by atoms with E-state index in [9.17, 15) is 9.18 Å². The number of ketones is 1. The first-order valence-corrected chi connectivity index (χ1v) is 6.12. The van der Waals surface area contributed by atoms with E-state index in [1.165, 1.54) is 13.0 Å². The normalized spacial score (nSPS) is 19.0. The number of halogens is 1. The maximum absolute atomic E-state index is 13.6. The van der Waals surface area contributed by atoms with Crippen LogP contribution in [0, 0.1) is 12.7 Å². The molecule has 0 bridgehead atoms. The number of benzene rings is 1. The van der Waals surface area contributed by atoms with Crippen molar-refractivity contribution in [3.05, 3.63) is 29.1 Å². The smallest absolute Gasteiger partial charge is 0.161 e. The fourth-order valence-electron chi connectivity index (χ4n) is 2.26. The van der Waals surface area contributed by atoms with Crippen molar-refractivity contribution in [3.63, 3.8) is 0 Å². The molecule has 18 heavy (non-hydrogen) atoms. The number of hydrogen-bond acceptors (Lipinski definition) is 3. The van der Waals surface area contributed by atoms with Crippen LogP contribution in [0.5, 0.6) is 0 Å². The second-order valence-electron chi connectivity index (χ2n) is 4.80. The zero-order chi connectivity index (χ0) is 13.3. The van der Waals surface area contributed by atoms with Gasteiger partial charge >= 0.3 is 0 Å². The number of carbonyl (C=O) groups excluding carboxylic acids is 1. The monoisotopic (exact) mass is 251 g/mol. The van der Waals surface area contributed by atoms with E-state index in [1.54, 1.807) is 13.0 Å². The van der Waals surface area contributed by atoms with Gasteiger partial charge in [0.1, 0.15) is 5.82 Å². The highest BCUT2D eigenvalue weighted by Gasteiger charge is 2.24. The quantitative estimate of drug-likeness (QED) is 0.773. The summed E-state index contributed by atoms with van der Waals surface area (Å²) >= 11 is 0. The van der Waals surface area contributed by atoms with E-state index in [1.807, 2.05) is 11.9 Å². The number of anilines is 1. The molecule has 1 unspecified atom stereocenters. The molecule has 3 nitrogen and oxygen atoms in total.